The number of pyridine rings is 1. The van der Waals surface area contributed by atoms with E-state index in [2.05, 4.69) is 15.2 Å². The summed E-state index contributed by atoms with van der Waals surface area (Å²) in [6.07, 6.45) is 3.41. The molecule has 0 saturated heterocycles. The average molecular weight is 325 g/mol. The van der Waals surface area contributed by atoms with Crippen LogP contribution in [0.3, 0.4) is 0 Å². The zero-order chi connectivity index (χ0) is 16.2. The number of aromatic nitrogens is 4. The van der Waals surface area contributed by atoms with Crippen molar-refractivity contribution in [2.75, 3.05) is 0 Å². The SMILES string of the molecule is C[C@@H](Sc1nnc(-c2ccncc2)n1-c1ccccc1)C(N)=O. The summed E-state index contributed by atoms with van der Waals surface area (Å²) in [6.45, 7) is 1.75. The molecule has 1 atom stereocenters. The molecule has 0 aliphatic carbocycles. The number of hydrogen-bond donors (Lipinski definition) is 1. The number of nitrogens with zero attached hydrogens (tertiary/aromatic N) is 4. The zero-order valence-corrected chi connectivity index (χ0v) is 13.3. The minimum absolute atomic E-state index is 0.386. The van der Waals surface area contributed by atoms with Gasteiger partial charge in [0.1, 0.15) is 0 Å². The Balaban J connectivity index is 2.11. The first kappa shape index (κ1) is 15.2. The Labute approximate surface area is 137 Å². The highest BCUT2D eigenvalue weighted by atomic mass is 32.2. The van der Waals surface area contributed by atoms with Crippen LogP contribution in [0.4, 0.5) is 0 Å². The predicted octanol–water partition coefficient (Wildman–Crippen LogP) is 2.30. The van der Waals surface area contributed by atoms with Gasteiger partial charge in [0.2, 0.25) is 5.91 Å². The lowest BCUT2D eigenvalue weighted by Gasteiger charge is -2.11. The number of carbonyl (C=O) groups is 1. The van der Waals surface area contributed by atoms with Gasteiger partial charge in [0.05, 0.1) is 5.25 Å². The lowest BCUT2D eigenvalue weighted by molar-refractivity contribution is -0.117. The van der Waals surface area contributed by atoms with Crippen molar-refractivity contribution in [1.29, 1.82) is 0 Å². The molecule has 0 aliphatic rings. The van der Waals surface area contributed by atoms with Gasteiger partial charge in [-0.05, 0) is 31.2 Å². The molecule has 2 aromatic heterocycles. The fourth-order valence-electron chi connectivity index (χ4n) is 2.06. The second-order valence-electron chi connectivity index (χ2n) is 4.88. The van der Waals surface area contributed by atoms with Crippen molar-refractivity contribution in [3.8, 4) is 17.1 Å². The lowest BCUT2D eigenvalue weighted by atomic mass is 10.2. The number of nitrogens with two attached hydrogens (primary N) is 1. The molecule has 6 nitrogen and oxygen atoms in total. The van der Waals surface area contributed by atoms with Gasteiger partial charge in [-0.1, -0.05) is 30.0 Å². The molecule has 1 aromatic carbocycles. The van der Waals surface area contributed by atoms with Crippen molar-refractivity contribution in [2.45, 2.75) is 17.3 Å². The van der Waals surface area contributed by atoms with E-state index in [1.54, 1.807) is 19.3 Å². The molecule has 1 amide bonds. The molecule has 0 saturated carbocycles. The molecule has 3 rings (SSSR count). The maximum absolute atomic E-state index is 11.4. The van der Waals surface area contributed by atoms with E-state index < -0.39 is 5.25 Å². The van der Waals surface area contributed by atoms with Crippen LogP contribution in [0.5, 0.6) is 0 Å². The highest BCUT2D eigenvalue weighted by molar-refractivity contribution is 8.00. The first-order valence-corrected chi connectivity index (χ1v) is 7.92. The Morgan fingerprint density at radius 3 is 2.48 bits per heavy atom. The summed E-state index contributed by atoms with van der Waals surface area (Å²) < 4.78 is 1.92. The van der Waals surface area contributed by atoms with Crippen LogP contribution in [-0.4, -0.2) is 30.9 Å². The van der Waals surface area contributed by atoms with Crippen LogP contribution >= 0.6 is 11.8 Å². The molecule has 2 heterocycles. The van der Waals surface area contributed by atoms with Gasteiger partial charge in [-0.2, -0.15) is 0 Å². The Kier molecular flexibility index (Phi) is 4.38. The lowest BCUT2D eigenvalue weighted by Crippen LogP contribution is -2.23. The van der Waals surface area contributed by atoms with Gasteiger partial charge in [0.25, 0.3) is 0 Å². The third-order valence-corrected chi connectivity index (χ3v) is 4.33. The third kappa shape index (κ3) is 3.24. The predicted molar refractivity (Wildman–Crippen MR) is 89.1 cm³/mol. The average Bonchev–Trinajstić information content (AvgIpc) is 3.00. The molecular weight excluding hydrogens is 310 g/mol. The molecular formula is C16H15N5OS. The van der Waals surface area contributed by atoms with Crippen LogP contribution in [-0.2, 0) is 4.79 Å². The number of rotatable bonds is 5. The van der Waals surface area contributed by atoms with Crippen LogP contribution in [0.2, 0.25) is 0 Å². The van der Waals surface area contributed by atoms with E-state index in [1.165, 1.54) is 11.8 Å². The summed E-state index contributed by atoms with van der Waals surface area (Å²) >= 11 is 1.29. The molecule has 0 radical (unpaired) electrons. The molecule has 116 valence electrons. The summed E-state index contributed by atoms with van der Waals surface area (Å²) in [6, 6.07) is 13.5. The van der Waals surface area contributed by atoms with E-state index in [9.17, 15) is 4.79 Å². The highest BCUT2D eigenvalue weighted by Gasteiger charge is 2.20. The number of carbonyl (C=O) groups excluding carboxylic acids is 1. The molecule has 0 unspecified atom stereocenters. The monoisotopic (exact) mass is 325 g/mol. The van der Waals surface area contributed by atoms with Gasteiger partial charge in [0.15, 0.2) is 11.0 Å². The Morgan fingerprint density at radius 2 is 1.83 bits per heavy atom. The largest absolute Gasteiger partial charge is 0.369 e. The van der Waals surface area contributed by atoms with Crippen molar-refractivity contribution in [3.05, 3.63) is 54.9 Å². The summed E-state index contributed by atoms with van der Waals surface area (Å²) in [4.78, 5) is 15.4. The number of thioether (sulfide) groups is 1. The number of benzene rings is 1. The van der Waals surface area contributed by atoms with Crippen molar-refractivity contribution in [2.24, 2.45) is 5.73 Å². The second-order valence-corrected chi connectivity index (χ2v) is 6.18. The van der Waals surface area contributed by atoms with Crippen LogP contribution < -0.4 is 5.73 Å². The van der Waals surface area contributed by atoms with E-state index in [0.29, 0.717) is 11.0 Å². The van der Waals surface area contributed by atoms with Gasteiger partial charge in [0, 0.05) is 23.6 Å². The van der Waals surface area contributed by atoms with Crippen LogP contribution in [0.15, 0.2) is 60.0 Å². The maximum Gasteiger partial charge on any atom is 0.230 e. The maximum atomic E-state index is 11.4. The van der Waals surface area contributed by atoms with Crippen LogP contribution in [0.25, 0.3) is 17.1 Å². The van der Waals surface area contributed by atoms with Crippen molar-refractivity contribution in [3.63, 3.8) is 0 Å². The Bertz CT molecular complexity index is 804. The number of hydrogen-bond acceptors (Lipinski definition) is 5. The number of para-hydroxylation sites is 1. The van der Waals surface area contributed by atoms with E-state index in [0.717, 1.165) is 11.3 Å². The molecule has 0 fully saturated rings. The minimum atomic E-state index is -0.396. The molecule has 23 heavy (non-hydrogen) atoms. The second kappa shape index (κ2) is 6.62. The summed E-state index contributed by atoms with van der Waals surface area (Å²) in [5, 5.41) is 8.75. The highest BCUT2D eigenvalue weighted by Crippen LogP contribution is 2.29. The Morgan fingerprint density at radius 1 is 1.13 bits per heavy atom. The van der Waals surface area contributed by atoms with Gasteiger partial charge in [-0.25, -0.2) is 0 Å². The fourth-order valence-corrected chi connectivity index (χ4v) is 2.88. The normalized spacial score (nSPS) is 12.0. The van der Waals surface area contributed by atoms with Gasteiger partial charge in [-0.15, -0.1) is 10.2 Å². The first-order chi connectivity index (χ1) is 11.2. The standard InChI is InChI=1S/C16H15N5OS/c1-11(14(17)22)23-16-20-19-15(12-7-9-18-10-8-12)21(16)13-5-3-2-4-6-13/h2-11H,1H3,(H2,17,22)/t11-/m1/s1. The van der Waals surface area contributed by atoms with Crippen LogP contribution in [0, 0.1) is 0 Å². The molecule has 0 aliphatic heterocycles. The van der Waals surface area contributed by atoms with Crippen molar-refractivity contribution < 1.29 is 4.79 Å². The number of amides is 1. The van der Waals surface area contributed by atoms with Crippen molar-refractivity contribution in [1.82, 2.24) is 19.7 Å². The molecule has 7 heteroatoms. The van der Waals surface area contributed by atoms with E-state index in [4.69, 9.17) is 5.73 Å². The summed E-state index contributed by atoms with van der Waals surface area (Å²) in [7, 11) is 0. The van der Waals surface area contributed by atoms with E-state index >= 15 is 0 Å². The molecule has 2 N–H and O–H groups in total. The van der Waals surface area contributed by atoms with E-state index in [1.807, 2.05) is 47.0 Å². The van der Waals surface area contributed by atoms with Gasteiger partial charge < -0.3 is 5.73 Å². The van der Waals surface area contributed by atoms with Gasteiger partial charge in [-0.3, -0.25) is 14.3 Å². The Hall–Kier alpha value is -2.67. The fraction of sp³-hybridized carbons (Fsp3) is 0.125. The van der Waals surface area contributed by atoms with Crippen molar-refractivity contribution >= 4 is 17.7 Å². The summed E-state index contributed by atoms with van der Waals surface area (Å²) in [5.41, 5.74) is 7.18. The van der Waals surface area contributed by atoms with E-state index in [-0.39, 0.29) is 5.91 Å². The number of primary amides is 1. The van der Waals surface area contributed by atoms with Crippen LogP contribution in [0.1, 0.15) is 6.92 Å². The minimum Gasteiger partial charge on any atom is -0.369 e. The molecule has 3 aromatic rings. The topological polar surface area (TPSA) is 86.7 Å². The third-order valence-electron chi connectivity index (χ3n) is 3.27. The quantitative estimate of drug-likeness (QED) is 0.727. The molecule has 0 bridgehead atoms. The molecule has 0 spiro atoms. The zero-order valence-electron chi connectivity index (χ0n) is 12.5. The summed E-state index contributed by atoms with van der Waals surface area (Å²) in [5.74, 6) is 0.306. The smallest absolute Gasteiger partial charge is 0.230 e. The van der Waals surface area contributed by atoms with Gasteiger partial charge >= 0.3 is 0 Å². The first-order valence-electron chi connectivity index (χ1n) is 7.04.